The molecule has 0 aliphatic heterocycles. The number of aliphatic imine (C=N–C) groups is 1. The van der Waals surface area contributed by atoms with Gasteiger partial charge >= 0.3 is 0 Å². The van der Waals surface area contributed by atoms with Crippen molar-refractivity contribution in [1.29, 1.82) is 0 Å². The Bertz CT molecular complexity index is 492. The lowest BCUT2D eigenvalue weighted by atomic mass is 10.2. The summed E-state index contributed by atoms with van der Waals surface area (Å²) in [6.45, 7) is 6.02. The van der Waals surface area contributed by atoms with Gasteiger partial charge in [-0.15, -0.1) is 24.0 Å². The van der Waals surface area contributed by atoms with Crippen molar-refractivity contribution in [3.63, 3.8) is 0 Å². The molecule has 1 aromatic carbocycles. The van der Waals surface area contributed by atoms with E-state index in [0.29, 0.717) is 6.54 Å². The molecule has 0 spiro atoms. The lowest BCUT2D eigenvalue weighted by Crippen LogP contribution is -2.38. The molecule has 1 saturated carbocycles. The molecule has 0 unspecified atom stereocenters. The Labute approximate surface area is 161 Å². The molecule has 0 bridgehead atoms. The van der Waals surface area contributed by atoms with Gasteiger partial charge in [0.1, 0.15) is 5.82 Å². The molecule has 0 amide bonds. The van der Waals surface area contributed by atoms with Crippen molar-refractivity contribution in [2.45, 2.75) is 32.7 Å². The van der Waals surface area contributed by atoms with E-state index < -0.39 is 0 Å². The fraction of sp³-hybridized carbons (Fsp3) is 0.611. The number of nitrogens with zero attached hydrogens (tertiary/aromatic N) is 2. The number of benzene rings is 1. The summed E-state index contributed by atoms with van der Waals surface area (Å²) in [5.74, 6) is 1.49. The summed E-state index contributed by atoms with van der Waals surface area (Å²) in [4.78, 5) is 6.69. The molecular weight excluding hydrogens is 420 g/mol. The van der Waals surface area contributed by atoms with Crippen molar-refractivity contribution in [3.05, 3.63) is 35.6 Å². The zero-order valence-corrected chi connectivity index (χ0v) is 17.0. The SMILES string of the molecule is CCNC(=NCCCOCC1CC1)N(C)Cc1ccc(F)cc1.I. The molecule has 136 valence electrons. The van der Waals surface area contributed by atoms with Gasteiger partial charge in [0.15, 0.2) is 5.96 Å². The molecule has 2 rings (SSSR count). The Balaban J connectivity index is 0.00000288. The van der Waals surface area contributed by atoms with Gasteiger partial charge in [-0.3, -0.25) is 4.99 Å². The van der Waals surface area contributed by atoms with Gasteiger partial charge in [-0.2, -0.15) is 0 Å². The third-order valence-corrected chi connectivity index (χ3v) is 3.79. The van der Waals surface area contributed by atoms with Gasteiger partial charge in [0.25, 0.3) is 0 Å². The number of hydrogen-bond acceptors (Lipinski definition) is 2. The first kappa shape index (κ1) is 21.2. The molecule has 0 saturated heterocycles. The number of nitrogens with one attached hydrogen (secondary N) is 1. The van der Waals surface area contributed by atoms with Gasteiger partial charge in [0.2, 0.25) is 0 Å². The molecular formula is C18H29FIN3O. The van der Waals surface area contributed by atoms with E-state index in [9.17, 15) is 4.39 Å². The van der Waals surface area contributed by atoms with Crippen LogP contribution in [0.1, 0.15) is 31.7 Å². The highest BCUT2D eigenvalue weighted by Gasteiger charge is 2.20. The van der Waals surface area contributed by atoms with Crippen molar-refractivity contribution >= 4 is 29.9 Å². The highest BCUT2D eigenvalue weighted by molar-refractivity contribution is 14.0. The van der Waals surface area contributed by atoms with Crippen LogP contribution in [-0.2, 0) is 11.3 Å². The Morgan fingerprint density at radius 3 is 2.67 bits per heavy atom. The van der Waals surface area contributed by atoms with Gasteiger partial charge in [-0.05, 0) is 49.8 Å². The van der Waals surface area contributed by atoms with E-state index in [0.717, 1.165) is 50.2 Å². The summed E-state index contributed by atoms with van der Waals surface area (Å²) in [6, 6.07) is 6.59. The minimum absolute atomic E-state index is 0. The Kier molecular flexibility index (Phi) is 10.2. The van der Waals surface area contributed by atoms with Crippen LogP contribution >= 0.6 is 24.0 Å². The van der Waals surface area contributed by atoms with E-state index in [1.807, 2.05) is 7.05 Å². The van der Waals surface area contributed by atoms with Crippen LogP contribution in [0.4, 0.5) is 4.39 Å². The average molecular weight is 449 g/mol. The minimum atomic E-state index is -0.205. The van der Waals surface area contributed by atoms with Gasteiger partial charge in [0.05, 0.1) is 0 Å². The van der Waals surface area contributed by atoms with Crippen LogP contribution in [0.5, 0.6) is 0 Å². The fourth-order valence-electron chi connectivity index (χ4n) is 2.29. The number of guanidine groups is 1. The molecule has 0 radical (unpaired) electrons. The summed E-state index contributed by atoms with van der Waals surface area (Å²) in [5, 5.41) is 3.29. The molecule has 0 aromatic heterocycles. The van der Waals surface area contributed by atoms with Crippen LogP contribution in [0.15, 0.2) is 29.3 Å². The Morgan fingerprint density at radius 2 is 2.04 bits per heavy atom. The van der Waals surface area contributed by atoms with Crippen molar-refractivity contribution in [1.82, 2.24) is 10.2 Å². The second kappa shape index (κ2) is 11.6. The number of halogens is 2. The molecule has 1 aromatic rings. The van der Waals surface area contributed by atoms with E-state index in [1.165, 1.54) is 25.0 Å². The van der Waals surface area contributed by atoms with E-state index in [-0.39, 0.29) is 29.8 Å². The van der Waals surface area contributed by atoms with Crippen LogP contribution in [0, 0.1) is 11.7 Å². The first-order chi connectivity index (χ1) is 11.2. The molecule has 1 fully saturated rings. The molecule has 24 heavy (non-hydrogen) atoms. The third kappa shape index (κ3) is 8.28. The standard InChI is InChI=1S/C18H28FN3O.HI/c1-3-20-18(21-11-4-12-23-14-16-5-6-16)22(2)13-15-7-9-17(19)10-8-15;/h7-10,16H,3-6,11-14H2,1-2H3,(H,20,21);1H. The number of hydrogen-bond donors (Lipinski definition) is 1. The molecule has 4 nitrogen and oxygen atoms in total. The molecule has 1 N–H and O–H groups in total. The van der Waals surface area contributed by atoms with E-state index >= 15 is 0 Å². The van der Waals surface area contributed by atoms with Gasteiger partial charge in [-0.25, -0.2) is 4.39 Å². The third-order valence-electron chi connectivity index (χ3n) is 3.79. The lowest BCUT2D eigenvalue weighted by Gasteiger charge is -2.22. The first-order valence-corrected chi connectivity index (χ1v) is 8.50. The van der Waals surface area contributed by atoms with Gasteiger partial charge < -0.3 is 15.0 Å². The van der Waals surface area contributed by atoms with E-state index in [4.69, 9.17) is 4.74 Å². The van der Waals surface area contributed by atoms with Crippen LogP contribution < -0.4 is 5.32 Å². The molecule has 0 heterocycles. The van der Waals surface area contributed by atoms with Crippen LogP contribution in [-0.4, -0.2) is 44.2 Å². The maximum absolute atomic E-state index is 13.0. The highest BCUT2D eigenvalue weighted by atomic mass is 127. The Morgan fingerprint density at radius 1 is 1.33 bits per heavy atom. The van der Waals surface area contributed by atoms with Crippen LogP contribution in [0.25, 0.3) is 0 Å². The minimum Gasteiger partial charge on any atom is -0.381 e. The smallest absolute Gasteiger partial charge is 0.193 e. The quantitative estimate of drug-likeness (QED) is 0.271. The van der Waals surface area contributed by atoms with Gasteiger partial charge in [-0.1, -0.05) is 12.1 Å². The fourth-order valence-corrected chi connectivity index (χ4v) is 2.29. The molecule has 0 atom stereocenters. The lowest BCUT2D eigenvalue weighted by molar-refractivity contribution is 0.123. The highest BCUT2D eigenvalue weighted by Crippen LogP contribution is 2.28. The van der Waals surface area contributed by atoms with Crippen molar-refractivity contribution in [2.75, 3.05) is 33.4 Å². The summed E-state index contributed by atoms with van der Waals surface area (Å²) < 4.78 is 18.6. The van der Waals surface area contributed by atoms with E-state index in [1.54, 1.807) is 12.1 Å². The second-order valence-corrected chi connectivity index (χ2v) is 6.09. The van der Waals surface area contributed by atoms with Crippen molar-refractivity contribution in [2.24, 2.45) is 10.9 Å². The van der Waals surface area contributed by atoms with Gasteiger partial charge in [0, 0.05) is 39.9 Å². The predicted octanol–water partition coefficient (Wildman–Crippen LogP) is 3.66. The topological polar surface area (TPSA) is 36.9 Å². The van der Waals surface area contributed by atoms with Crippen LogP contribution in [0.3, 0.4) is 0 Å². The summed E-state index contributed by atoms with van der Waals surface area (Å²) in [5.41, 5.74) is 1.06. The summed E-state index contributed by atoms with van der Waals surface area (Å²) in [7, 11) is 1.99. The predicted molar refractivity (Wildman–Crippen MR) is 107 cm³/mol. The van der Waals surface area contributed by atoms with Crippen molar-refractivity contribution < 1.29 is 9.13 Å². The number of ether oxygens (including phenoxy) is 1. The average Bonchev–Trinajstić information content (AvgIpc) is 3.36. The zero-order chi connectivity index (χ0) is 16.5. The maximum Gasteiger partial charge on any atom is 0.193 e. The second-order valence-electron chi connectivity index (χ2n) is 6.09. The number of rotatable bonds is 9. The van der Waals surface area contributed by atoms with E-state index in [2.05, 4.69) is 22.1 Å². The summed E-state index contributed by atoms with van der Waals surface area (Å²) >= 11 is 0. The summed E-state index contributed by atoms with van der Waals surface area (Å²) in [6.07, 6.45) is 3.60. The molecule has 1 aliphatic rings. The van der Waals surface area contributed by atoms with Crippen molar-refractivity contribution in [3.8, 4) is 0 Å². The maximum atomic E-state index is 13.0. The van der Waals surface area contributed by atoms with Crippen LogP contribution in [0.2, 0.25) is 0 Å². The molecule has 6 heteroatoms. The normalized spacial score (nSPS) is 14.2. The largest absolute Gasteiger partial charge is 0.381 e. The monoisotopic (exact) mass is 449 g/mol. The zero-order valence-electron chi connectivity index (χ0n) is 14.6. The molecule has 1 aliphatic carbocycles. The first-order valence-electron chi connectivity index (χ1n) is 8.50. The Hall–Kier alpha value is -0.890.